The van der Waals surface area contributed by atoms with Gasteiger partial charge in [-0.1, -0.05) is 53.3 Å². The van der Waals surface area contributed by atoms with Gasteiger partial charge in [0.15, 0.2) is 0 Å². The lowest BCUT2D eigenvalue weighted by molar-refractivity contribution is -0.114. The number of carbonyl (C=O) groups excluding carboxylic acids is 1. The number of rotatable bonds is 7. The maximum atomic E-state index is 10.9. The molecule has 0 aromatic heterocycles. The molecule has 1 aromatic carbocycles. The number of hydrogen-bond donors (Lipinski definition) is 1. The van der Waals surface area contributed by atoms with Gasteiger partial charge in [-0.05, 0) is 41.4 Å². The van der Waals surface area contributed by atoms with E-state index in [1.54, 1.807) is 0 Å². The summed E-state index contributed by atoms with van der Waals surface area (Å²) in [6, 6.07) is 7.90. The summed E-state index contributed by atoms with van der Waals surface area (Å²) in [6.45, 7) is 1.52. The number of benzene rings is 1. The summed E-state index contributed by atoms with van der Waals surface area (Å²) in [5.74, 6) is -0.0337. The highest BCUT2D eigenvalue weighted by atomic mass is 127. The van der Waals surface area contributed by atoms with E-state index in [1.165, 1.54) is 36.2 Å². The Morgan fingerprint density at radius 3 is 2.56 bits per heavy atom. The second-order valence-corrected chi connectivity index (χ2v) is 5.32. The first-order valence-corrected chi connectivity index (χ1v) is 7.85. The predicted molar refractivity (Wildman–Crippen MR) is 87.1 cm³/mol. The Bertz CT molecular complexity index is 384. The zero-order chi connectivity index (χ0) is 13.2. The highest BCUT2D eigenvalue weighted by Crippen LogP contribution is 2.11. The average Bonchev–Trinajstić information content (AvgIpc) is 2.35. The van der Waals surface area contributed by atoms with Gasteiger partial charge < -0.3 is 5.32 Å². The maximum absolute atomic E-state index is 10.9. The van der Waals surface area contributed by atoms with Gasteiger partial charge in [-0.25, -0.2) is 0 Å². The fourth-order valence-corrected chi connectivity index (χ4v) is 2.17. The van der Waals surface area contributed by atoms with Gasteiger partial charge in [-0.2, -0.15) is 0 Å². The number of allylic oxidation sites excluding steroid dienone is 1. The Kier molecular flexibility index (Phi) is 7.73. The number of unbranched alkanes of at least 4 members (excludes halogenated alkanes) is 3. The summed E-state index contributed by atoms with van der Waals surface area (Å²) < 4.78 is 1.26. The van der Waals surface area contributed by atoms with Gasteiger partial charge in [0.2, 0.25) is 5.91 Å². The molecule has 98 valence electrons. The van der Waals surface area contributed by atoms with E-state index >= 15 is 0 Å². The predicted octanol–water partition coefficient (Wildman–Crippen LogP) is 4.65. The Hall–Kier alpha value is -0.840. The molecule has 0 unspecified atom stereocenters. The molecule has 1 rings (SSSR count). The van der Waals surface area contributed by atoms with E-state index in [9.17, 15) is 4.79 Å². The Labute approximate surface area is 123 Å². The molecule has 1 amide bonds. The number of amides is 1. The summed E-state index contributed by atoms with van der Waals surface area (Å²) >= 11 is 2.42. The van der Waals surface area contributed by atoms with Crippen LogP contribution in [0, 0.1) is 0 Å². The summed E-state index contributed by atoms with van der Waals surface area (Å²) in [5, 5.41) is 2.76. The maximum Gasteiger partial charge on any atom is 0.221 e. The minimum atomic E-state index is -0.0337. The lowest BCUT2D eigenvalue weighted by Crippen LogP contribution is -2.05. The SMILES string of the molecule is CC(=O)Nc1ccc(/C=C/CCCCCI)cc1. The first-order chi connectivity index (χ1) is 8.72. The number of alkyl halides is 1. The van der Waals surface area contributed by atoms with Gasteiger partial charge in [0.25, 0.3) is 0 Å². The Morgan fingerprint density at radius 2 is 1.94 bits per heavy atom. The molecule has 0 atom stereocenters. The molecule has 0 radical (unpaired) electrons. The quantitative estimate of drug-likeness (QED) is 0.429. The molecular formula is C15H20INO. The summed E-state index contributed by atoms with van der Waals surface area (Å²) in [7, 11) is 0. The Balaban J connectivity index is 2.34. The highest BCUT2D eigenvalue weighted by Gasteiger charge is 1.94. The highest BCUT2D eigenvalue weighted by molar-refractivity contribution is 14.1. The third-order valence-electron chi connectivity index (χ3n) is 2.55. The first-order valence-electron chi connectivity index (χ1n) is 6.32. The second kappa shape index (κ2) is 9.14. The topological polar surface area (TPSA) is 29.1 Å². The first kappa shape index (κ1) is 15.2. The van der Waals surface area contributed by atoms with E-state index < -0.39 is 0 Å². The number of carbonyl (C=O) groups is 1. The van der Waals surface area contributed by atoms with Gasteiger partial charge >= 0.3 is 0 Å². The lowest BCUT2D eigenvalue weighted by atomic mass is 10.1. The van der Waals surface area contributed by atoms with Crippen LogP contribution in [0.4, 0.5) is 5.69 Å². The number of anilines is 1. The fourth-order valence-electron chi connectivity index (χ4n) is 1.63. The molecule has 0 spiro atoms. The number of hydrogen-bond acceptors (Lipinski definition) is 1. The van der Waals surface area contributed by atoms with Crippen molar-refractivity contribution in [2.24, 2.45) is 0 Å². The lowest BCUT2D eigenvalue weighted by Gasteiger charge is -2.01. The molecule has 0 bridgehead atoms. The standard InChI is InChI=1S/C15H20INO/c1-13(18)17-15-10-8-14(9-11-15)7-5-3-2-4-6-12-16/h5,7-11H,2-4,6,12H2,1H3,(H,17,18)/b7-5+. The van der Waals surface area contributed by atoms with Crippen molar-refractivity contribution in [2.45, 2.75) is 32.6 Å². The van der Waals surface area contributed by atoms with Crippen molar-refractivity contribution in [1.82, 2.24) is 0 Å². The number of nitrogens with one attached hydrogen (secondary N) is 1. The largest absolute Gasteiger partial charge is 0.326 e. The van der Waals surface area contributed by atoms with Crippen LogP contribution in [0.5, 0.6) is 0 Å². The molecule has 0 aliphatic carbocycles. The molecule has 0 heterocycles. The monoisotopic (exact) mass is 357 g/mol. The summed E-state index contributed by atoms with van der Waals surface area (Å²) in [6.07, 6.45) is 9.41. The zero-order valence-corrected chi connectivity index (χ0v) is 12.9. The summed E-state index contributed by atoms with van der Waals surface area (Å²) in [4.78, 5) is 10.9. The van der Waals surface area contributed by atoms with E-state index in [4.69, 9.17) is 0 Å². The van der Waals surface area contributed by atoms with Crippen LogP contribution in [0.25, 0.3) is 6.08 Å². The third-order valence-corrected chi connectivity index (χ3v) is 3.31. The van der Waals surface area contributed by atoms with Crippen LogP contribution in [-0.2, 0) is 4.79 Å². The van der Waals surface area contributed by atoms with Gasteiger partial charge in [0, 0.05) is 12.6 Å². The van der Waals surface area contributed by atoms with Crippen LogP contribution in [0.1, 0.15) is 38.2 Å². The third kappa shape index (κ3) is 6.79. The Morgan fingerprint density at radius 1 is 1.22 bits per heavy atom. The zero-order valence-electron chi connectivity index (χ0n) is 10.8. The van der Waals surface area contributed by atoms with E-state index in [0.29, 0.717) is 0 Å². The molecule has 2 nitrogen and oxygen atoms in total. The molecule has 0 saturated heterocycles. The molecule has 0 aliphatic heterocycles. The van der Waals surface area contributed by atoms with Crippen LogP contribution in [0.2, 0.25) is 0 Å². The van der Waals surface area contributed by atoms with Crippen molar-refractivity contribution in [1.29, 1.82) is 0 Å². The van der Waals surface area contributed by atoms with E-state index in [-0.39, 0.29) is 5.91 Å². The van der Waals surface area contributed by atoms with E-state index in [1.807, 2.05) is 24.3 Å². The molecule has 1 N–H and O–H groups in total. The van der Waals surface area contributed by atoms with Crippen LogP contribution in [0.3, 0.4) is 0 Å². The molecular weight excluding hydrogens is 337 g/mol. The van der Waals surface area contributed by atoms with Crippen molar-refractivity contribution in [3.63, 3.8) is 0 Å². The molecule has 3 heteroatoms. The van der Waals surface area contributed by atoms with Crippen LogP contribution < -0.4 is 5.32 Å². The normalized spacial score (nSPS) is 10.8. The van der Waals surface area contributed by atoms with E-state index in [2.05, 4.69) is 40.1 Å². The molecule has 18 heavy (non-hydrogen) atoms. The minimum Gasteiger partial charge on any atom is -0.326 e. The van der Waals surface area contributed by atoms with Crippen LogP contribution in [-0.4, -0.2) is 10.3 Å². The summed E-state index contributed by atoms with van der Waals surface area (Å²) in [5.41, 5.74) is 2.03. The molecule has 0 aliphatic rings. The molecule has 1 aromatic rings. The van der Waals surface area contributed by atoms with Crippen LogP contribution >= 0.6 is 22.6 Å². The van der Waals surface area contributed by atoms with Gasteiger partial charge in [0.1, 0.15) is 0 Å². The molecule has 0 saturated carbocycles. The fraction of sp³-hybridized carbons (Fsp3) is 0.400. The van der Waals surface area contributed by atoms with Crippen LogP contribution in [0.15, 0.2) is 30.3 Å². The van der Waals surface area contributed by atoms with Crippen molar-refractivity contribution in [2.75, 3.05) is 9.74 Å². The van der Waals surface area contributed by atoms with Crippen molar-refractivity contribution in [3.8, 4) is 0 Å². The van der Waals surface area contributed by atoms with Crippen molar-refractivity contribution >= 4 is 40.3 Å². The van der Waals surface area contributed by atoms with Gasteiger partial charge in [-0.15, -0.1) is 0 Å². The van der Waals surface area contributed by atoms with E-state index in [0.717, 1.165) is 12.1 Å². The smallest absolute Gasteiger partial charge is 0.221 e. The van der Waals surface area contributed by atoms with Crippen molar-refractivity contribution in [3.05, 3.63) is 35.9 Å². The van der Waals surface area contributed by atoms with Gasteiger partial charge in [-0.3, -0.25) is 4.79 Å². The minimum absolute atomic E-state index is 0.0337. The molecule has 0 fully saturated rings. The average molecular weight is 357 g/mol. The number of halogens is 1. The van der Waals surface area contributed by atoms with Crippen molar-refractivity contribution < 1.29 is 4.79 Å². The second-order valence-electron chi connectivity index (χ2n) is 4.24. The van der Waals surface area contributed by atoms with Gasteiger partial charge in [0.05, 0.1) is 0 Å².